The zero-order valence-corrected chi connectivity index (χ0v) is 14.4. The van der Waals surface area contributed by atoms with Gasteiger partial charge in [0.2, 0.25) is 0 Å². The summed E-state index contributed by atoms with van der Waals surface area (Å²) in [5.41, 5.74) is 1.81. The van der Waals surface area contributed by atoms with Crippen LogP contribution >= 0.6 is 0 Å². The van der Waals surface area contributed by atoms with Crippen LogP contribution in [0.3, 0.4) is 0 Å². The average molecular weight is 359 g/mol. The molecule has 1 unspecified atom stereocenters. The fraction of sp³-hybridized carbons (Fsp3) is 0.0909. The Morgan fingerprint density at radius 2 is 1.52 bits per heavy atom. The van der Waals surface area contributed by atoms with Crippen LogP contribution in [0, 0.1) is 11.3 Å². The topological polar surface area (TPSA) is 79.5 Å². The highest BCUT2D eigenvalue weighted by Crippen LogP contribution is 2.33. The van der Waals surface area contributed by atoms with E-state index in [9.17, 15) is 9.90 Å². The van der Waals surface area contributed by atoms with Gasteiger partial charge in [-0.2, -0.15) is 5.26 Å². The highest BCUT2D eigenvalue weighted by molar-refractivity contribution is 5.89. The summed E-state index contributed by atoms with van der Waals surface area (Å²) in [6, 6.07) is 26.4. The van der Waals surface area contributed by atoms with Crippen LogP contribution in [0.4, 0.5) is 0 Å². The summed E-state index contributed by atoms with van der Waals surface area (Å²) in [4.78, 5) is 12.3. The molecule has 1 atom stereocenters. The van der Waals surface area contributed by atoms with E-state index >= 15 is 0 Å². The second kappa shape index (κ2) is 8.17. The molecule has 0 aliphatic heterocycles. The fourth-order valence-corrected chi connectivity index (χ4v) is 2.55. The summed E-state index contributed by atoms with van der Waals surface area (Å²) in [7, 11) is 0. The Hall–Kier alpha value is -3.62. The predicted molar refractivity (Wildman–Crippen MR) is 99.5 cm³/mol. The van der Waals surface area contributed by atoms with Crippen molar-refractivity contribution in [1.82, 2.24) is 0 Å². The first-order valence-electron chi connectivity index (χ1n) is 8.32. The average Bonchev–Trinajstić information content (AvgIpc) is 2.70. The molecule has 0 aliphatic carbocycles. The van der Waals surface area contributed by atoms with Crippen LogP contribution in [-0.2, 0) is 4.74 Å². The molecule has 0 spiro atoms. The van der Waals surface area contributed by atoms with Gasteiger partial charge in [-0.25, -0.2) is 4.79 Å². The lowest BCUT2D eigenvalue weighted by molar-refractivity contribution is -0.284. The Labute approximate surface area is 157 Å². The number of hydrogen-bond donors (Lipinski definition) is 1. The molecule has 0 bridgehead atoms. The number of rotatable bonds is 6. The van der Waals surface area contributed by atoms with E-state index in [-0.39, 0.29) is 5.56 Å². The molecule has 5 heteroatoms. The van der Waals surface area contributed by atoms with Crippen molar-refractivity contribution in [1.29, 1.82) is 5.26 Å². The zero-order valence-electron chi connectivity index (χ0n) is 14.4. The highest BCUT2D eigenvalue weighted by Gasteiger charge is 2.36. The molecule has 0 saturated heterocycles. The minimum Gasteiger partial charge on any atom is -0.429 e. The van der Waals surface area contributed by atoms with Crippen LogP contribution in [-0.4, -0.2) is 17.0 Å². The van der Waals surface area contributed by atoms with Crippen LogP contribution in [0.2, 0.25) is 0 Å². The number of benzene rings is 3. The molecule has 0 aromatic heterocycles. The second-order valence-electron chi connectivity index (χ2n) is 5.77. The van der Waals surface area contributed by atoms with Gasteiger partial charge in [0.15, 0.2) is 0 Å². The minimum absolute atomic E-state index is 0.244. The highest BCUT2D eigenvalue weighted by atomic mass is 16.8. The van der Waals surface area contributed by atoms with E-state index in [2.05, 4.69) is 0 Å². The van der Waals surface area contributed by atoms with E-state index in [1.165, 1.54) is 0 Å². The number of aliphatic hydroxyl groups is 1. The van der Waals surface area contributed by atoms with Gasteiger partial charge in [-0.15, -0.1) is 0 Å². The molecular weight excluding hydrogens is 342 g/mol. The molecule has 0 radical (unpaired) electrons. The van der Waals surface area contributed by atoms with E-state index in [4.69, 9.17) is 14.7 Å². The lowest BCUT2D eigenvalue weighted by Crippen LogP contribution is -2.41. The maximum atomic E-state index is 12.3. The number of esters is 1. The standard InChI is InChI=1S/C22H17NO4/c23-16-15-22(25,27-21(24)18-11-5-2-6-12-18)26-20-14-8-7-13-19(20)17-9-3-1-4-10-17/h1-14,25H,15H2. The van der Waals surface area contributed by atoms with Crippen LogP contribution < -0.4 is 4.74 Å². The van der Waals surface area contributed by atoms with Crippen molar-refractivity contribution in [2.45, 2.75) is 12.4 Å². The summed E-state index contributed by atoms with van der Waals surface area (Å²) >= 11 is 0. The van der Waals surface area contributed by atoms with Gasteiger partial charge in [-0.3, -0.25) is 0 Å². The maximum Gasteiger partial charge on any atom is 0.385 e. The molecule has 0 saturated carbocycles. The van der Waals surface area contributed by atoms with Gasteiger partial charge in [0.1, 0.15) is 12.2 Å². The minimum atomic E-state index is -2.41. The number of carbonyl (C=O) groups is 1. The molecule has 0 fully saturated rings. The van der Waals surface area contributed by atoms with Gasteiger partial charge in [-0.05, 0) is 23.8 Å². The fourth-order valence-electron chi connectivity index (χ4n) is 2.55. The van der Waals surface area contributed by atoms with E-state index in [0.29, 0.717) is 11.3 Å². The Bertz CT molecular complexity index is 951. The summed E-state index contributed by atoms with van der Waals surface area (Å²) in [6.07, 6.45) is -0.547. The van der Waals surface area contributed by atoms with Crippen molar-refractivity contribution in [2.24, 2.45) is 0 Å². The van der Waals surface area contributed by atoms with Gasteiger partial charge >= 0.3 is 11.9 Å². The largest absolute Gasteiger partial charge is 0.429 e. The van der Waals surface area contributed by atoms with E-state index < -0.39 is 18.4 Å². The lowest BCUT2D eigenvalue weighted by atomic mass is 10.0. The van der Waals surface area contributed by atoms with Gasteiger partial charge in [-0.1, -0.05) is 66.7 Å². The van der Waals surface area contributed by atoms with Crippen molar-refractivity contribution in [3.63, 3.8) is 0 Å². The van der Waals surface area contributed by atoms with Gasteiger partial charge in [0.25, 0.3) is 0 Å². The first kappa shape index (κ1) is 18.2. The quantitative estimate of drug-likeness (QED) is 0.528. The van der Waals surface area contributed by atoms with Crippen LogP contribution in [0.1, 0.15) is 16.8 Å². The molecular formula is C22H17NO4. The Morgan fingerprint density at radius 1 is 0.926 bits per heavy atom. The van der Waals surface area contributed by atoms with Gasteiger partial charge < -0.3 is 14.6 Å². The summed E-state index contributed by atoms with van der Waals surface area (Å²) in [5.74, 6) is -2.90. The Balaban J connectivity index is 1.89. The first-order chi connectivity index (χ1) is 13.1. The summed E-state index contributed by atoms with van der Waals surface area (Å²) < 4.78 is 10.7. The van der Waals surface area contributed by atoms with E-state index in [1.54, 1.807) is 48.5 Å². The van der Waals surface area contributed by atoms with Crippen molar-refractivity contribution in [2.75, 3.05) is 0 Å². The van der Waals surface area contributed by atoms with E-state index in [1.807, 2.05) is 42.5 Å². The third-order valence-corrected chi connectivity index (χ3v) is 3.81. The molecule has 0 amide bonds. The molecule has 0 aliphatic rings. The monoisotopic (exact) mass is 359 g/mol. The van der Waals surface area contributed by atoms with Crippen molar-refractivity contribution >= 4 is 5.97 Å². The van der Waals surface area contributed by atoms with Crippen LogP contribution in [0.5, 0.6) is 5.75 Å². The first-order valence-corrected chi connectivity index (χ1v) is 8.32. The molecule has 5 nitrogen and oxygen atoms in total. The van der Waals surface area contributed by atoms with Crippen molar-refractivity contribution < 1.29 is 19.4 Å². The molecule has 3 rings (SSSR count). The number of ether oxygens (including phenoxy) is 2. The zero-order chi connectivity index (χ0) is 19.1. The second-order valence-corrected chi connectivity index (χ2v) is 5.77. The van der Waals surface area contributed by atoms with Crippen LogP contribution in [0.15, 0.2) is 84.9 Å². The third kappa shape index (κ3) is 4.51. The lowest BCUT2D eigenvalue weighted by Gasteiger charge is -2.27. The molecule has 1 N–H and O–H groups in total. The number of para-hydroxylation sites is 1. The number of nitriles is 1. The van der Waals surface area contributed by atoms with E-state index in [0.717, 1.165) is 5.56 Å². The van der Waals surface area contributed by atoms with Crippen molar-refractivity contribution in [3.05, 3.63) is 90.5 Å². The third-order valence-electron chi connectivity index (χ3n) is 3.81. The molecule has 3 aromatic carbocycles. The maximum absolute atomic E-state index is 12.3. The number of carbonyl (C=O) groups excluding carboxylic acids is 1. The Morgan fingerprint density at radius 3 is 2.19 bits per heavy atom. The molecule has 3 aromatic rings. The van der Waals surface area contributed by atoms with Gasteiger partial charge in [0, 0.05) is 5.56 Å². The summed E-state index contributed by atoms with van der Waals surface area (Å²) in [5, 5.41) is 19.7. The molecule has 0 heterocycles. The molecule has 134 valence electrons. The number of nitrogens with zero attached hydrogens (tertiary/aromatic N) is 1. The van der Waals surface area contributed by atoms with Crippen molar-refractivity contribution in [3.8, 4) is 22.9 Å². The molecule has 27 heavy (non-hydrogen) atoms. The summed E-state index contributed by atoms with van der Waals surface area (Å²) in [6.45, 7) is 0. The smallest absolute Gasteiger partial charge is 0.385 e. The SMILES string of the molecule is N#CCC(O)(OC(=O)c1ccccc1)Oc1ccccc1-c1ccccc1. The predicted octanol–water partition coefficient (Wildman–Crippen LogP) is 4.15. The van der Waals surface area contributed by atoms with Crippen LogP contribution in [0.25, 0.3) is 11.1 Å². The Kier molecular flexibility index (Phi) is 5.50. The van der Waals surface area contributed by atoms with Gasteiger partial charge in [0.05, 0.1) is 11.6 Å². The number of hydrogen-bond acceptors (Lipinski definition) is 5. The normalized spacial score (nSPS) is 12.4.